The predicted octanol–water partition coefficient (Wildman–Crippen LogP) is 4.04. The predicted molar refractivity (Wildman–Crippen MR) is 139 cm³/mol. The Morgan fingerprint density at radius 2 is 2.00 bits per heavy atom. The summed E-state index contributed by atoms with van der Waals surface area (Å²) < 4.78 is 7.36. The number of nitrogens with one attached hydrogen (secondary N) is 1. The summed E-state index contributed by atoms with van der Waals surface area (Å²) in [6.07, 6.45) is 2.80. The van der Waals surface area contributed by atoms with E-state index < -0.39 is 0 Å². The van der Waals surface area contributed by atoms with Crippen molar-refractivity contribution in [3.63, 3.8) is 0 Å². The monoisotopic (exact) mass is 506 g/mol. The number of aromatic nitrogens is 3. The number of amides is 1. The van der Waals surface area contributed by atoms with Crippen molar-refractivity contribution < 1.29 is 14.6 Å². The average molecular weight is 507 g/mol. The van der Waals surface area contributed by atoms with Gasteiger partial charge in [0.2, 0.25) is 5.95 Å². The number of benzene rings is 2. The quantitative estimate of drug-likeness (QED) is 0.390. The number of pyridine rings is 1. The van der Waals surface area contributed by atoms with Crippen molar-refractivity contribution in [3.05, 3.63) is 65.8 Å². The van der Waals surface area contributed by atoms with Gasteiger partial charge in [0.1, 0.15) is 11.5 Å². The van der Waals surface area contributed by atoms with Gasteiger partial charge in [-0.2, -0.15) is 4.98 Å². The molecule has 5 rings (SSSR count). The fraction of sp³-hybridized carbons (Fsp3) is 0.269. The zero-order valence-electron chi connectivity index (χ0n) is 20.1. The van der Waals surface area contributed by atoms with E-state index in [0.29, 0.717) is 34.0 Å². The Balaban J connectivity index is 1.21. The van der Waals surface area contributed by atoms with Crippen LogP contribution in [0, 0.1) is 0 Å². The van der Waals surface area contributed by atoms with E-state index in [1.807, 2.05) is 49.5 Å². The Bertz CT molecular complexity index is 1390. The van der Waals surface area contributed by atoms with Crippen molar-refractivity contribution in [3.8, 4) is 22.6 Å². The van der Waals surface area contributed by atoms with Gasteiger partial charge in [0.15, 0.2) is 12.3 Å². The maximum Gasteiger partial charge on any atom is 0.260 e. The van der Waals surface area contributed by atoms with Gasteiger partial charge in [0.25, 0.3) is 5.91 Å². The normalized spacial score (nSPS) is 15.6. The Hall–Kier alpha value is -3.82. The zero-order chi connectivity index (χ0) is 25.2. The molecule has 10 heteroatoms. The molecule has 0 bridgehead atoms. The van der Waals surface area contributed by atoms with Gasteiger partial charge in [-0.25, -0.2) is 4.52 Å². The zero-order valence-corrected chi connectivity index (χ0v) is 20.8. The number of carbonyl (C=O) groups excluding carboxylic acids is 1. The number of likely N-dealkylation sites (N-methyl/N-ethyl adjacent to an activating group) is 1. The van der Waals surface area contributed by atoms with Gasteiger partial charge in [-0.15, -0.1) is 5.10 Å². The fourth-order valence-electron chi connectivity index (χ4n) is 4.22. The highest BCUT2D eigenvalue weighted by Crippen LogP contribution is 2.31. The lowest BCUT2D eigenvalue weighted by molar-refractivity contribution is -0.132. The summed E-state index contributed by atoms with van der Waals surface area (Å²) in [5.74, 6) is 1.19. The minimum absolute atomic E-state index is 0.00169. The number of carbonyl (C=O) groups is 1. The van der Waals surface area contributed by atoms with E-state index in [1.165, 1.54) is 0 Å². The number of hydrogen-bond acceptors (Lipinski definition) is 7. The lowest BCUT2D eigenvalue weighted by Gasteiger charge is -2.20. The molecule has 1 aliphatic rings. The van der Waals surface area contributed by atoms with Gasteiger partial charge in [0.05, 0.1) is 0 Å². The molecule has 0 aliphatic carbocycles. The molecular weight excluding hydrogens is 480 g/mol. The summed E-state index contributed by atoms with van der Waals surface area (Å²) in [6, 6.07) is 16.2. The molecule has 0 spiro atoms. The first kappa shape index (κ1) is 23.9. The first-order chi connectivity index (χ1) is 17.4. The number of fused-ring (bicyclic) bond motifs is 1. The second kappa shape index (κ2) is 10.0. The number of ether oxygens (including phenoxy) is 1. The van der Waals surface area contributed by atoms with Crippen LogP contribution in [0.1, 0.15) is 6.42 Å². The molecule has 2 N–H and O–H groups in total. The van der Waals surface area contributed by atoms with Crippen molar-refractivity contribution in [1.29, 1.82) is 0 Å². The van der Waals surface area contributed by atoms with Crippen molar-refractivity contribution in [2.75, 3.05) is 39.1 Å². The standard InChI is InChI=1S/C26H27ClN6O3/c1-31(2)19-11-12-32(15-19)25(35)16-36-21-7-4-18(5-8-21)28-26-29-24-10-3-17(14-33(24)30-26)22-13-20(34)6-9-23(22)27/h3-10,13-14,19,34H,11-12,15-16H2,1-2H3,(H,28,30)/t19-/m1/s1. The van der Waals surface area contributed by atoms with Gasteiger partial charge >= 0.3 is 0 Å². The molecule has 186 valence electrons. The maximum absolute atomic E-state index is 12.5. The number of nitrogens with zero attached hydrogens (tertiary/aromatic N) is 5. The maximum atomic E-state index is 12.5. The topological polar surface area (TPSA) is 95.2 Å². The SMILES string of the molecule is CN(C)[C@@H]1CCN(C(=O)COc2ccc(Nc3nc4ccc(-c5cc(O)ccc5Cl)cn4n3)cc2)C1. The van der Waals surface area contributed by atoms with Crippen molar-refractivity contribution in [2.24, 2.45) is 0 Å². The summed E-state index contributed by atoms with van der Waals surface area (Å²) in [5, 5.41) is 18.0. The molecule has 36 heavy (non-hydrogen) atoms. The summed E-state index contributed by atoms with van der Waals surface area (Å²) in [6.45, 7) is 1.53. The summed E-state index contributed by atoms with van der Waals surface area (Å²) in [4.78, 5) is 21.0. The van der Waals surface area contributed by atoms with Crippen molar-refractivity contribution >= 4 is 34.8 Å². The molecule has 1 amide bonds. The van der Waals surface area contributed by atoms with Crippen LogP contribution in [0.25, 0.3) is 16.8 Å². The van der Waals surface area contributed by atoms with Gasteiger partial charge < -0.3 is 25.0 Å². The van der Waals surface area contributed by atoms with Crippen molar-refractivity contribution in [2.45, 2.75) is 12.5 Å². The van der Waals surface area contributed by atoms with Crippen LogP contribution in [0.4, 0.5) is 11.6 Å². The van der Waals surface area contributed by atoms with Crippen LogP contribution >= 0.6 is 11.6 Å². The van der Waals surface area contributed by atoms with Crippen LogP contribution in [0.5, 0.6) is 11.5 Å². The number of aromatic hydroxyl groups is 1. The van der Waals surface area contributed by atoms with Crippen LogP contribution in [-0.4, -0.2) is 75.2 Å². The fourth-order valence-corrected chi connectivity index (χ4v) is 4.45. The molecular formula is C26H27ClN6O3. The second-order valence-electron chi connectivity index (χ2n) is 9.00. The number of rotatable bonds is 7. The number of anilines is 2. The number of phenols is 1. The number of hydrogen-bond donors (Lipinski definition) is 2. The highest BCUT2D eigenvalue weighted by molar-refractivity contribution is 6.33. The molecule has 2 aromatic carbocycles. The largest absolute Gasteiger partial charge is 0.508 e. The highest BCUT2D eigenvalue weighted by atomic mass is 35.5. The second-order valence-corrected chi connectivity index (χ2v) is 9.41. The number of phenolic OH excluding ortho intramolecular Hbond substituents is 1. The van der Waals surface area contributed by atoms with E-state index in [9.17, 15) is 9.90 Å². The summed E-state index contributed by atoms with van der Waals surface area (Å²) >= 11 is 6.30. The minimum atomic E-state index is 0.00169. The molecule has 0 saturated carbocycles. The van der Waals surface area contributed by atoms with Crippen molar-refractivity contribution in [1.82, 2.24) is 24.4 Å². The third-order valence-electron chi connectivity index (χ3n) is 6.31. The lowest BCUT2D eigenvalue weighted by atomic mass is 10.1. The molecule has 2 aromatic heterocycles. The molecule has 4 aromatic rings. The van der Waals surface area contributed by atoms with E-state index in [1.54, 1.807) is 34.8 Å². The van der Waals surface area contributed by atoms with E-state index in [4.69, 9.17) is 16.3 Å². The molecule has 0 radical (unpaired) electrons. The molecule has 1 atom stereocenters. The highest BCUT2D eigenvalue weighted by Gasteiger charge is 2.27. The Morgan fingerprint density at radius 1 is 1.19 bits per heavy atom. The third-order valence-corrected chi connectivity index (χ3v) is 6.64. The van der Waals surface area contributed by atoms with Gasteiger partial charge in [-0.3, -0.25) is 4.79 Å². The smallest absolute Gasteiger partial charge is 0.260 e. The first-order valence-electron chi connectivity index (χ1n) is 11.6. The average Bonchev–Trinajstić information content (AvgIpc) is 3.52. The van der Waals surface area contributed by atoms with Gasteiger partial charge in [0, 0.05) is 47.2 Å². The van der Waals surface area contributed by atoms with Crippen LogP contribution < -0.4 is 10.1 Å². The number of likely N-dealkylation sites (tertiary alicyclic amines) is 1. The molecule has 3 heterocycles. The van der Waals surface area contributed by atoms with Gasteiger partial charge in [-0.1, -0.05) is 11.6 Å². The Kier molecular flexibility index (Phi) is 6.67. The molecule has 0 unspecified atom stereocenters. The van der Waals surface area contributed by atoms with Gasteiger partial charge in [-0.05, 0) is 75.1 Å². The Labute approximate surface area is 213 Å². The van der Waals surface area contributed by atoms with E-state index >= 15 is 0 Å². The lowest BCUT2D eigenvalue weighted by Crippen LogP contribution is -2.36. The van der Waals surface area contributed by atoms with Crippen LogP contribution in [0.2, 0.25) is 5.02 Å². The third kappa shape index (κ3) is 5.22. The Morgan fingerprint density at radius 3 is 2.75 bits per heavy atom. The molecule has 1 fully saturated rings. The molecule has 1 aliphatic heterocycles. The first-order valence-corrected chi connectivity index (χ1v) is 12.0. The molecule has 1 saturated heterocycles. The van der Waals surface area contributed by atoms with Crippen LogP contribution in [0.15, 0.2) is 60.8 Å². The minimum Gasteiger partial charge on any atom is -0.508 e. The summed E-state index contributed by atoms with van der Waals surface area (Å²) in [5.41, 5.74) is 2.96. The van der Waals surface area contributed by atoms with E-state index in [2.05, 4.69) is 20.3 Å². The number of halogens is 1. The van der Waals surface area contributed by atoms with Crippen LogP contribution in [-0.2, 0) is 4.79 Å². The van der Waals surface area contributed by atoms with E-state index in [0.717, 1.165) is 30.8 Å². The van der Waals surface area contributed by atoms with E-state index in [-0.39, 0.29) is 18.3 Å². The molecule has 9 nitrogen and oxygen atoms in total. The summed E-state index contributed by atoms with van der Waals surface area (Å²) in [7, 11) is 4.08. The van der Waals surface area contributed by atoms with Crippen LogP contribution in [0.3, 0.4) is 0 Å².